The summed E-state index contributed by atoms with van der Waals surface area (Å²) >= 11 is 1.70. The van der Waals surface area contributed by atoms with Gasteiger partial charge in [0.05, 0.1) is 18.1 Å². The third kappa shape index (κ3) is 5.50. The van der Waals surface area contributed by atoms with Crippen molar-refractivity contribution >= 4 is 21.8 Å². The molecule has 0 heterocycles. The van der Waals surface area contributed by atoms with Crippen LogP contribution in [0.15, 0.2) is 23.1 Å². The van der Waals surface area contributed by atoms with Crippen LogP contribution in [0.3, 0.4) is 0 Å². The van der Waals surface area contributed by atoms with E-state index in [4.69, 9.17) is 4.74 Å². The van der Waals surface area contributed by atoms with Crippen LogP contribution in [0.5, 0.6) is 5.75 Å². The van der Waals surface area contributed by atoms with E-state index < -0.39 is 10.0 Å². The predicted octanol–water partition coefficient (Wildman–Crippen LogP) is 2.00. The maximum atomic E-state index is 12.2. The number of hydrogen-bond donors (Lipinski definition) is 2. The summed E-state index contributed by atoms with van der Waals surface area (Å²) in [6, 6.07) is 4.52. The second kappa shape index (κ2) is 8.63. The lowest BCUT2D eigenvalue weighted by atomic mass is 10.2. The van der Waals surface area contributed by atoms with Crippen LogP contribution in [0, 0.1) is 0 Å². The lowest BCUT2D eigenvalue weighted by Gasteiger charge is -2.12. The molecule has 2 N–H and O–H groups in total. The molecule has 0 saturated heterocycles. The second-order valence-corrected chi connectivity index (χ2v) is 7.64. The quantitative estimate of drug-likeness (QED) is 0.723. The molecule has 120 valence electrons. The van der Waals surface area contributed by atoms with Crippen LogP contribution in [0.25, 0.3) is 0 Å². The Balaban J connectivity index is 2.83. The average molecular weight is 333 g/mol. The number of ether oxygens (including phenoxy) is 1. The van der Waals surface area contributed by atoms with E-state index in [0.717, 1.165) is 6.42 Å². The van der Waals surface area contributed by atoms with Crippen molar-refractivity contribution in [3.63, 3.8) is 0 Å². The summed E-state index contributed by atoms with van der Waals surface area (Å²) in [6.45, 7) is 4.48. The van der Waals surface area contributed by atoms with Gasteiger partial charge in [-0.05, 0) is 37.8 Å². The number of rotatable bonds is 9. The number of aliphatic hydroxyl groups excluding tert-OH is 1. The summed E-state index contributed by atoms with van der Waals surface area (Å²) in [6.07, 6.45) is 2.77. The maximum absolute atomic E-state index is 12.2. The summed E-state index contributed by atoms with van der Waals surface area (Å²) in [7, 11) is -3.55. The summed E-state index contributed by atoms with van der Waals surface area (Å²) < 4.78 is 32.3. The smallest absolute Gasteiger partial charge is 0.240 e. The van der Waals surface area contributed by atoms with Gasteiger partial charge in [0, 0.05) is 17.4 Å². The standard InChI is InChI=1S/C14H23NO4S2/c1-4-19-14-6-5-13(9-12(14)10-16)21(17,18)15-8-7-11(2)20-3/h5-6,9,11,15-16H,4,7-8,10H2,1-3H3. The summed E-state index contributed by atoms with van der Waals surface area (Å²) in [4.78, 5) is 0.145. The van der Waals surface area contributed by atoms with Gasteiger partial charge in [-0.15, -0.1) is 0 Å². The molecular weight excluding hydrogens is 310 g/mol. The van der Waals surface area contributed by atoms with Crippen molar-refractivity contribution in [1.29, 1.82) is 0 Å². The van der Waals surface area contributed by atoms with Crippen LogP contribution in [0.2, 0.25) is 0 Å². The fourth-order valence-corrected chi connectivity index (χ4v) is 3.19. The number of benzene rings is 1. The lowest BCUT2D eigenvalue weighted by Crippen LogP contribution is -2.26. The minimum absolute atomic E-state index is 0.145. The van der Waals surface area contributed by atoms with E-state index in [9.17, 15) is 13.5 Å². The average Bonchev–Trinajstić information content (AvgIpc) is 2.47. The molecule has 0 spiro atoms. The molecule has 0 radical (unpaired) electrons. The van der Waals surface area contributed by atoms with Gasteiger partial charge in [-0.1, -0.05) is 6.92 Å². The maximum Gasteiger partial charge on any atom is 0.240 e. The van der Waals surface area contributed by atoms with Crippen molar-refractivity contribution in [2.75, 3.05) is 19.4 Å². The van der Waals surface area contributed by atoms with E-state index in [-0.39, 0.29) is 11.5 Å². The van der Waals surface area contributed by atoms with Crippen molar-refractivity contribution in [2.24, 2.45) is 0 Å². The van der Waals surface area contributed by atoms with E-state index in [1.165, 1.54) is 12.1 Å². The third-order valence-electron chi connectivity index (χ3n) is 3.06. The predicted molar refractivity (Wildman–Crippen MR) is 86.3 cm³/mol. The molecule has 1 unspecified atom stereocenters. The summed E-state index contributed by atoms with van der Waals surface area (Å²) in [5.41, 5.74) is 0.470. The molecule has 1 aromatic rings. The molecule has 1 atom stereocenters. The molecule has 0 fully saturated rings. The number of thioether (sulfide) groups is 1. The molecule has 5 nitrogen and oxygen atoms in total. The van der Waals surface area contributed by atoms with Gasteiger partial charge < -0.3 is 9.84 Å². The van der Waals surface area contributed by atoms with Gasteiger partial charge in [0.2, 0.25) is 10.0 Å². The monoisotopic (exact) mass is 333 g/mol. The molecule has 1 rings (SSSR count). The zero-order valence-electron chi connectivity index (χ0n) is 12.6. The Labute approximate surface area is 131 Å². The van der Waals surface area contributed by atoms with Crippen LogP contribution in [0.1, 0.15) is 25.8 Å². The van der Waals surface area contributed by atoms with E-state index in [0.29, 0.717) is 29.7 Å². The number of aliphatic hydroxyl groups is 1. The Bertz CT molecular complexity index is 546. The minimum atomic E-state index is -3.55. The first kappa shape index (κ1) is 18.3. The summed E-state index contributed by atoms with van der Waals surface area (Å²) in [5.74, 6) is 0.509. The Morgan fingerprint density at radius 2 is 2.14 bits per heavy atom. The van der Waals surface area contributed by atoms with E-state index in [1.807, 2.05) is 13.2 Å². The highest BCUT2D eigenvalue weighted by Crippen LogP contribution is 2.23. The first-order valence-corrected chi connectivity index (χ1v) is 9.60. The van der Waals surface area contributed by atoms with E-state index >= 15 is 0 Å². The summed E-state index contributed by atoms with van der Waals surface area (Å²) in [5, 5.41) is 9.72. The Morgan fingerprint density at radius 3 is 2.71 bits per heavy atom. The van der Waals surface area contributed by atoms with Crippen molar-refractivity contribution in [3.05, 3.63) is 23.8 Å². The van der Waals surface area contributed by atoms with Crippen LogP contribution in [-0.4, -0.2) is 38.2 Å². The van der Waals surface area contributed by atoms with Gasteiger partial charge in [0.25, 0.3) is 0 Å². The van der Waals surface area contributed by atoms with Crippen LogP contribution < -0.4 is 9.46 Å². The molecular formula is C14H23NO4S2. The zero-order valence-corrected chi connectivity index (χ0v) is 14.3. The van der Waals surface area contributed by atoms with Crippen LogP contribution >= 0.6 is 11.8 Å². The largest absolute Gasteiger partial charge is 0.494 e. The van der Waals surface area contributed by atoms with Gasteiger partial charge in [-0.25, -0.2) is 13.1 Å². The van der Waals surface area contributed by atoms with Crippen LogP contribution in [0.4, 0.5) is 0 Å². The van der Waals surface area contributed by atoms with Crippen LogP contribution in [-0.2, 0) is 16.6 Å². The highest BCUT2D eigenvalue weighted by atomic mass is 32.2. The number of sulfonamides is 1. The van der Waals surface area contributed by atoms with Gasteiger partial charge in [-0.2, -0.15) is 11.8 Å². The molecule has 0 aliphatic heterocycles. The molecule has 0 aromatic heterocycles. The number of nitrogens with one attached hydrogen (secondary N) is 1. The van der Waals surface area contributed by atoms with Crippen molar-refractivity contribution < 1.29 is 18.3 Å². The van der Waals surface area contributed by atoms with Gasteiger partial charge in [0.1, 0.15) is 5.75 Å². The van der Waals surface area contributed by atoms with Crippen molar-refractivity contribution in [2.45, 2.75) is 37.0 Å². The zero-order chi connectivity index (χ0) is 15.9. The fourth-order valence-electron chi connectivity index (χ4n) is 1.74. The highest BCUT2D eigenvalue weighted by molar-refractivity contribution is 7.99. The Hall–Kier alpha value is -0.760. The number of hydrogen-bond acceptors (Lipinski definition) is 5. The van der Waals surface area contributed by atoms with Crippen molar-refractivity contribution in [1.82, 2.24) is 4.72 Å². The van der Waals surface area contributed by atoms with E-state index in [2.05, 4.69) is 11.6 Å². The Morgan fingerprint density at radius 1 is 1.43 bits per heavy atom. The normalized spacial score (nSPS) is 13.1. The van der Waals surface area contributed by atoms with Gasteiger partial charge in [0.15, 0.2) is 0 Å². The fraction of sp³-hybridized carbons (Fsp3) is 0.571. The highest BCUT2D eigenvalue weighted by Gasteiger charge is 2.16. The molecule has 0 amide bonds. The minimum Gasteiger partial charge on any atom is -0.494 e. The topological polar surface area (TPSA) is 75.6 Å². The molecule has 0 aliphatic rings. The SMILES string of the molecule is CCOc1ccc(S(=O)(=O)NCCC(C)SC)cc1CO. The molecule has 0 bridgehead atoms. The lowest BCUT2D eigenvalue weighted by molar-refractivity contribution is 0.266. The molecule has 21 heavy (non-hydrogen) atoms. The molecule has 0 saturated carbocycles. The van der Waals surface area contributed by atoms with Gasteiger partial charge >= 0.3 is 0 Å². The molecule has 0 aliphatic carbocycles. The Kier molecular flexibility index (Phi) is 7.51. The first-order valence-electron chi connectivity index (χ1n) is 6.83. The third-order valence-corrected chi connectivity index (χ3v) is 5.56. The second-order valence-electron chi connectivity index (χ2n) is 4.59. The van der Waals surface area contributed by atoms with E-state index in [1.54, 1.807) is 17.8 Å². The van der Waals surface area contributed by atoms with Gasteiger partial charge in [-0.3, -0.25) is 0 Å². The molecule has 7 heteroatoms. The molecule has 1 aromatic carbocycles. The first-order chi connectivity index (χ1) is 9.94. The van der Waals surface area contributed by atoms with Crippen molar-refractivity contribution in [3.8, 4) is 5.75 Å².